The van der Waals surface area contributed by atoms with Crippen molar-refractivity contribution >= 4 is 23.2 Å². The Morgan fingerprint density at radius 1 is 1.60 bits per heavy atom. The van der Waals surface area contributed by atoms with Gasteiger partial charge < -0.3 is 5.11 Å². The minimum absolute atomic E-state index is 0.0828. The van der Waals surface area contributed by atoms with Crippen LogP contribution in [-0.4, -0.2) is 10.1 Å². The molecule has 1 N–H and O–H groups in total. The molecular weight excluding hydrogens is 173 g/mol. The van der Waals surface area contributed by atoms with Crippen molar-refractivity contribution in [2.24, 2.45) is 0 Å². The predicted molar refractivity (Wildman–Crippen MR) is 40.5 cm³/mol. The maximum atomic E-state index is 9.03. The minimum atomic E-state index is 0.0828. The molecule has 4 heteroatoms. The average Bonchev–Trinajstić information content (AvgIpc) is 1.94. The molecule has 0 atom stereocenters. The van der Waals surface area contributed by atoms with Gasteiger partial charge in [-0.15, -0.1) is 11.6 Å². The van der Waals surface area contributed by atoms with Gasteiger partial charge in [-0.25, -0.2) is 4.98 Å². The molecule has 1 heterocycles. The van der Waals surface area contributed by atoms with E-state index in [1.165, 1.54) is 12.3 Å². The molecule has 1 rings (SSSR count). The van der Waals surface area contributed by atoms with Crippen LogP contribution in [0.25, 0.3) is 0 Å². The number of halogens is 2. The fourth-order valence-electron chi connectivity index (χ4n) is 0.568. The standard InChI is InChI=1S/C6H5Cl2NO/c7-2-4-1-6(8)9-3-5(4)10/h1,3,10H,2H2. The third kappa shape index (κ3) is 1.52. The maximum absolute atomic E-state index is 9.03. The quantitative estimate of drug-likeness (QED) is 0.528. The van der Waals surface area contributed by atoms with E-state index < -0.39 is 0 Å². The van der Waals surface area contributed by atoms with Crippen LogP contribution >= 0.6 is 23.2 Å². The highest BCUT2D eigenvalue weighted by molar-refractivity contribution is 6.29. The van der Waals surface area contributed by atoms with Gasteiger partial charge in [0.15, 0.2) is 0 Å². The van der Waals surface area contributed by atoms with Gasteiger partial charge in [0.25, 0.3) is 0 Å². The van der Waals surface area contributed by atoms with Gasteiger partial charge in [0.05, 0.1) is 12.1 Å². The second-order valence-electron chi connectivity index (χ2n) is 1.77. The molecule has 0 aliphatic heterocycles. The monoisotopic (exact) mass is 177 g/mol. The van der Waals surface area contributed by atoms with E-state index in [2.05, 4.69) is 4.98 Å². The Bertz CT molecular complexity index is 239. The van der Waals surface area contributed by atoms with Gasteiger partial charge in [0.1, 0.15) is 10.9 Å². The summed E-state index contributed by atoms with van der Waals surface area (Å²) in [5, 5.41) is 9.37. The van der Waals surface area contributed by atoms with Gasteiger partial charge in [0.2, 0.25) is 0 Å². The summed E-state index contributed by atoms with van der Waals surface area (Å²) in [6.07, 6.45) is 1.28. The minimum Gasteiger partial charge on any atom is -0.506 e. The first-order chi connectivity index (χ1) is 4.74. The summed E-state index contributed by atoms with van der Waals surface area (Å²) in [5.41, 5.74) is 0.599. The third-order valence-electron chi connectivity index (χ3n) is 1.08. The molecule has 0 unspecified atom stereocenters. The Labute approximate surface area is 68.4 Å². The highest BCUT2D eigenvalue weighted by Crippen LogP contribution is 2.19. The number of hydrogen-bond donors (Lipinski definition) is 1. The molecule has 1 aromatic heterocycles. The lowest BCUT2D eigenvalue weighted by Gasteiger charge is -1.97. The number of nitrogens with zero attached hydrogens (tertiary/aromatic N) is 1. The highest BCUT2D eigenvalue weighted by atomic mass is 35.5. The first kappa shape index (κ1) is 7.63. The Morgan fingerprint density at radius 2 is 2.30 bits per heavy atom. The van der Waals surface area contributed by atoms with Crippen LogP contribution in [0.5, 0.6) is 5.75 Å². The molecule has 0 saturated heterocycles. The second-order valence-corrected chi connectivity index (χ2v) is 2.42. The van der Waals surface area contributed by atoms with Crippen LogP contribution in [-0.2, 0) is 5.88 Å². The van der Waals surface area contributed by atoms with E-state index in [4.69, 9.17) is 28.3 Å². The van der Waals surface area contributed by atoms with E-state index in [9.17, 15) is 0 Å². The molecule has 0 aliphatic rings. The lowest BCUT2D eigenvalue weighted by atomic mass is 10.3. The lowest BCUT2D eigenvalue weighted by molar-refractivity contribution is 0.468. The van der Waals surface area contributed by atoms with Crippen molar-refractivity contribution in [1.29, 1.82) is 0 Å². The van der Waals surface area contributed by atoms with Gasteiger partial charge in [-0.3, -0.25) is 0 Å². The van der Waals surface area contributed by atoms with Gasteiger partial charge >= 0.3 is 0 Å². The second kappa shape index (κ2) is 3.08. The van der Waals surface area contributed by atoms with Crippen molar-refractivity contribution < 1.29 is 5.11 Å². The predicted octanol–water partition coefficient (Wildman–Crippen LogP) is 2.18. The van der Waals surface area contributed by atoms with Gasteiger partial charge in [0, 0.05) is 5.56 Å². The number of rotatable bonds is 1. The molecule has 0 amide bonds. The molecule has 0 radical (unpaired) electrons. The summed E-state index contributed by atoms with van der Waals surface area (Å²) >= 11 is 11.0. The Hall–Kier alpha value is -0.470. The molecule has 54 valence electrons. The zero-order valence-corrected chi connectivity index (χ0v) is 6.52. The SMILES string of the molecule is Oc1cnc(Cl)cc1CCl. The lowest BCUT2D eigenvalue weighted by Crippen LogP contribution is -1.81. The van der Waals surface area contributed by atoms with Crippen molar-refractivity contribution in [3.63, 3.8) is 0 Å². The Kier molecular flexibility index (Phi) is 2.35. The van der Waals surface area contributed by atoms with Gasteiger partial charge in [-0.1, -0.05) is 11.6 Å². The average molecular weight is 178 g/mol. The molecule has 0 aromatic carbocycles. The van der Waals surface area contributed by atoms with Crippen molar-refractivity contribution in [2.45, 2.75) is 5.88 Å². The van der Waals surface area contributed by atoms with E-state index >= 15 is 0 Å². The number of hydrogen-bond acceptors (Lipinski definition) is 2. The summed E-state index contributed by atoms with van der Waals surface area (Å²) in [6, 6.07) is 1.53. The van der Waals surface area contributed by atoms with Crippen LogP contribution in [0.15, 0.2) is 12.3 Å². The number of aromatic nitrogens is 1. The Morgan fingerprint density at radius 3 is 2.80 bits per heavy atom. The smallest absolute Gasteiger partial charge is 0.138 e. The van der Waals surface area contributed by atoms with Gasteiger partial charge in [-0.05, 0) is 6.07 Å². The van der Waals surface area contributed by atoms with Gasteiger partial charge in [-0.2, -0.15) is 0 Å². The van der Waals surface area contributed by atoms with E-state index in [1.54, 1.807) is 0 Å². The molecule has 0 spiro atoms. The molecular formula is C6H5Cl2NO. The summed E-state index contributed by atoms with van der Waals surface area (Å²) in [7, 11) is 0. The molecule has 10 heavy (non-hydrogen) atoms. The zero-order chi connectivity index (χ0) is 7.56. The van der Waals surface area contributed by atoms with Crippen LogP contribution in [0.3, 0.4) is 0 Å². The first-order valence-corrected chi connectivity index (χ1v) is 3.54. The molecule has 0 fully saturated rings. The molecule has 0 aliphatic carbocycles. The fourth-order valence-corrected chi connectivity index (χ4v) is 0.962. The first-order valence-electron chi connectivity index (χ1n) is 2.63. The van der Waals surface area contributed by atoms with Crippen LogP contribution in [0.1, 0.15) is 5.56 Å². The third-order valence-corrected chi connectivity index (χ3v) is 1.57. The largest absolute Gasteiger partial charge is 0.506 e. The van der Waals surface area contributed by atoms with Crippen molar-refractivity contribution in [1.82, 2.24) is 4.98 Å². The van der Waals surface area contributed by atoms with Crippen LogP contribution in [0.2, 0.25) is 5.15 Å². The fraction of sp³-hybridized carbons (Fsp3) is 0.167. The number of alkyl halides is 1. The van der Waals surface area contributed by atoms with Crippen molar-refractivity contribution in [2.75, 3.05) is 0 Å². The number of pyridine rings is 1. The van der Waals surface area contributed by atoms with E-state index in [0.717, 1.165) is 0 Å². The van der Waals surface area contributed by atoms with Crippen LogP contribution < -0.4 is 0 Å². The molecule has 1 aromatic rings. The van der Waals surface area contributed by atoms with E-state index in [0.29, 0.717) is 10.7 Å². The molecule has 0 saturated carbocycles. The zero-order valence-electron chi connectivity index (χ0n) is 5.01. The van der Waals surface area contributed by atoms with Crippen LogP contribution in [0, 0.1) is 0 Å². The van der Waals surface area contributed by atoms with E-state index in [1.807, 2.05) is 0 Å². The summed E-state index contributed by atoms with van der Waals surface area (Å²) in [5.74, 6) is 0.327. The summed E-state index contributed by atoms with van der Waals surface area (Å²) in [4.78, 5) is 3.64. The topological polar surface area (TPSA) is 33.1 Å². The highest BCUT2D eigenvalue weighted by Gasteiger charge is 1.99. The van der Waals surface area contributed by atoms with Crippen molar-refractivity contribution in [3.05, 3.63) is 23.0 Å². The van der Waals surface area contributed by atoms with E-state index in [-0.39, 0.29) is 11.6 Å². The Balaban J connectivity index is 3.09. The van der Waals surface area contributed by atoms with Crippen molar-refractivity contribution in [3.8, 4) is 5.75 Å². The molecule has 0 bridgehead atoms. The summed E-state index contributed by atoms with van der Waals surface area (Å²) in [6.45, 7) is 0. The number of aromatic hydroxyl groups is 1. The molecule has 2 nitrogen and oxygen atoms in total. The summed E-state index contributed by atoms with van der Waals surface area (Å²) < 4.78 is 0. The maximum Gasteiger partial charge on any atom is 0.138 e. The normalized spacial score (nSPS) is 9.80. The van der Waals surface area contributed by atoms with Crippen LogP contribution in [0.4, 0.5) is 0 Å².